The molecule has 4 rings (SSSR count). The standard InChI is InChI=1S/C20H18ClN3O2/c1-12-15-11-14(21)7-8-18(15)26-19(12)20(25)22-9-10-24-13(2)23-16-5-3-4-6-17(16)24/h3-8,11H,9-10H2,1-2H3,(H,22,25). The first-order valence-corrected chi connectivity index (χ1v) is 8.81. The Morgan fingerprint density at radius 2 is 2.04 bits per heavy atom. The normalized spacial score (nSPS) is 11.3. The van der Waals surface area contributed by atoms with Crippen LogP contribution in [0.5, 0.6) is 0 Å². The number of carbonyl (C=O) groups is 1. The molecule has 132 valence electrons. The zero-order chi connectivity index (χ0) is 18.3. The second kappa shape index (κ2) is 6.50. The number of imidazole rings is 1. The maximum absolute atomic E-state index is 12.5. The van der Waals surface area contributed by atoms with Crippen molar-refractivity contribution < 1.29 is 9.21 Å². The van der Waals surface area contributed by atoms with Crippen LogP contribution < -0.4 is 5.32 Å². The van der Waals surface area contributed by atoms with Gasteiger partial charge in [-0.3, -0.25) is 4.79 Å². The molecule has 0 atom stereocenters. The number of hydrogen-bond donors (Lipinski definition) is 1. The lowest BCUT2D eigenvalue weighted by Crippen LogP contribution is -2.27. The summed E-state index contributed by atoms with van der Waals surface area (Å²) >= 11 is 6.03. The zero-order valence-corrected chi connectivity index (χ0v) is 15.3. The number of para-hydroxylation sites is 2. The SMILES string of the molecule is Cc1c(C(=O)NCCn2c(C)nc3ccccc32)oc2ccc(Cl)cc12. The molecule has 0 aliphatic rings. The molecule has 26 heavy (non-hydrogen) atoms. The first-order valence-electron chi connectivity index (χ1n) is 8.43. The van der Waals surface area contributed by atoms with Crippen LogP contribution in [0, 0.1) is 13.8 Å². The molecule has 0 saturated carbocycles. The van der Waals surface area contributed by atoms with Gasteiger partial charge in [-0.25, -0.2) is 4.98 Å². The van der Waals surface area contributed by atoms with Gasteiger partial charge in [0.1, 0.15) is 11.4 Å². The van der Waals surface area contributed by atoms with Crippen LogP contribution >= 0.6 is 11.6 Å². The van der Waals surface area contributed by atoms with Gasteiger partial charge in [0.2, 0.25) is 0 Å². The van der Waals surface area contributed by atoms with Crippen molar-refractivity contribution in [2.75, 3.05) is 6.54 Å². The summed E-state index contributed by atoms with van der Waals surface area (Å²) in [5.74, 6) is 1.03. The van der Waals surface area contributed by atoms with Crippen LogP contribution in [0.15, 0.2) is 46.9 Å². The van der Waals surface area contributed by atoms with Crippen LogP contribution in [0.1, 0.15) is 21.9 Å². The highest BCUT2D eigenvalue weighted by molar-refractivity contribution is 6.31. The van der Waals surface area contributed by atoms with Gasteiger partial charge in [-0.2, -0.15) is 0 Å². The van der Waals surface area contributed by atoms with Crippen molar-refractivity contribution >= 4 is 39.5 Å². The van der Waals surface area contributed by atoms with Gasteiger partial charge in [0.25, 0.3) is 5.91 Å². The maximum atomic E-state index is 12.5. The van der Waals surface area contributed by atoms with Crippen molar-refractivity contribution in [2.24, 2.45) is 0 Å². The molecule has 2 heterocycles. The summed E-state index contributed by atoms with van der Waals surface area (Å²) in [6, 6.07) is 13.3. The largest absolute Gasteiger partial charge is 0.451 e. The summed E-state index contributed by atoms with van der Waals surface area (Å²) in [6.07, 6.45) is 0. The number of halogens is 1. The molecule has 2 aromatic heterocycles. The fraction of sp³-hybridized carbons (Fsp3) is 0.200. The van der Waals surface area contributed by atoms with Gasteiger partial charge in [0, 0.05) is 29.1 Å². The molecule has 0 aliphatic carbocycles. The number of nitrogens with zero attached hydrogens (tertiary/aromatic N) is 2. The lowest BCUT2D eigenvalue weighted by molar-refractivity contribution is 0.0926. The van der Waals surface area contributed by atoms with Crippen LogP contribution in [0.25, 0.3) is 22.0 Å². The van der Waals surface area contributed by atoms with Crippen molar-refractivity contribution in [3.8, 4) is 0 Å². The molecule has 0 spiro atoms. The molecule has 2 aromatic carbocycles. The molecular formula is C20H18ClN3O2. The third-order valence-corrected chi connectivity index (χ3v) is 4.81. The number of benzene rings is 2. The highest BCUT2D eigenvalue weighted by Gasteiger charge is 2.17. The third kappa shape index (κ3) is 2.84. The van der Waals surface area contributed by atoms with Gasteiger partial charge in [-0.05, 0) is 44.2 Å². The number of amides is 1. The van der Waals surface area contributed by atoms with Crippen LogP contribution in [0.2, 0.25) is 5.02 Å². The maximum Gasteiger partial charge on any atom is 0.287 e. The zero-order valence-electron chi connectivity index (χ0n) is 14.5. The van der Waals surface area contributed by atoms with E-state index in [2.05, 4.69) is 14.9 Å². The highest BCUT2D eigenvalue weighted by atomic mass is 35.5. The van der Waals surface area contributed by atoms with E-state index in [1.54, 1.807) is 12.1 Å². The minimum Gasteiger partial charge on any atom is -0.451 e. The number of nitrogens with one attached hydrogen (secondary N) is 1. The minimum absolute atomic E-state index is 0.225. The molecule has 5 nitrogen and oxygen atoms in total. The highest BCUT2D eigenvalue weighted by Crippen LogP contribution is 2.27. The summed E-state index contributed by atoms with van der Waals surface area (Å²) in [4.78, 5) is 17.1. The van der Waals surface area contributed by atoms with E-state index in [9.17, 15) is 4.79 Å². The number of carbonyl (C=O) groups excluding carboxylic acids is 1. The second-order valence-electron chi connectivity index (χ2n) is 6.25. The molecule has 0 fully saturated rings. The Hall–Kier alpha value is -2.79. The van der Waals surface area contributed by atoms with Gasteiger partial charge in [-0.15, -0.1) is 0 Å². The molecule has 4 aromatic rings. The molecule has 6 heteroatoms. The van der Waals surface area contributed by atoms with Crippen LogP contribution in [0.4, 0.5) is 0 Å². The summed E-state index contributed by atoms with van der Waals surface area (Å²) in [7, 11) is 0. The van der Waals surface area contributed by atoms with Crippen molar-refractivity contribution in [3.63, 3.8) is 0 Å². The Bertz CT molecular complexity index is 1130. The number of rotatable bonds is 4. The quantitative estimate of drug-likeness (QED) is 0.578. The molecule has 1 amide bonds. The van der Waals surface area contributed by atoms with Gasteiger partial charge in [-0.1, -0.05) is 23.7 Å². The fourth-order valence-corrected chi connectivity index (χ4v) is 3.42. The number of hydrogen-bond acceptors (Lipinski definition) is 3. The Labute approximate surface area is 155 Å². The van der Waals surface area contributed by atoms with E-state index in [0.717, 1.165) is 27.8 Å². The van der Waals surface area contributed by atoms with Crippen LogP contribution in [-0.2, 0) is 6.54 Å². The lowest BCUT2D eigenvalue weighted by Gasteiger charge is -2.08. The predicted molar refractivity (Wildman–Crippen MR) is 103 cm³/mol. The van der Waals surface area contributed by atoms with Gasteiger partial charge < -0.3 is 14.3 Å². The molecule has 0 radical (unpaired) electrons. The Morgan fingerprint density at radius 1 is 1.23 bits per heavy atom. The van der Waals surface area contributed by atoms with E-state index >= 15 is 0 Å². The second-order valence-corrected chi connectivity index (χ2v) is 6.69. The van der Waals surface area contributed by atoms with Crippen molar-refractivity contribution in [2.45, 2.75) is 20.4 Å². The Balaban J connectivity index is 1.51. The van der Waals surface area contributed by atoms with E-state index in [1.165, 1.54) is 0 Å². The summed E-state index contributed by atoms with van der Waals surface area (Å²) in [5, 5.41) is 4.41. The summed E-state index contributed by atoms with van der Waals surface area (Å²) in [6.45, 7) is 4.96. The van der Waals surface area contributed by atoms with E-state index in [4.69, 9.17) is 16.0 Å². The average Bonchev–Trinajstić information content (AvgIpc) is 3.12. The van der Waals surface area contributed by atoms with E-state index < -0.39 is 0 Å². The lowest BCUT2D eigenvalue weighted by atomic mass is 10.1. The molecule has 0 unspecified atom stereocenters. The third-order valence-electron chi connectivity index (χ3n) is 4.57. The van der Waals surface area contributed by atoms with E-state index in [0.29, 0.717) is 29.5 Å². The van der Waals surface area contributed by atoms with E-state index in [1.807, 2.05) is 44.2 Å². The topological polar surface area (TPSA) is 60.1 Å². The number of aryl methyl sites for hydroxylation is 2. The van der Waals surface area contributed by atoms with Gasteiger partial charge >= 0.3 is 0 Å². The van der Waals surface area contributed by atoms with Gasteiger partial charge in [0.15, 0.2) is 5.76 Å². The first-order chi connectivity index (χ1) is 12.5. The molecule has 0 saturated heterocycles. The molecule has 0 aliphatic heterocycles. The number of furan rings is 1. The Kier molecular flexibility index (Phi) is 4.17. The Morgan fingerprint density at radius 3 is 2.88 bits per heavy atom. The fourth-order valence-electron chi connectivity index (χ4n) is 3.25. The monoisotopic (exact) mass is 367 g/mol. The minimum atomic E-state index is -0.225. The molecular weight excluding hydrogens is 350 g/mol. The smallest absolute Gasteiger partial charge is 0.287 e. The molecule has 1 N–H and O–H groups in total. The van der Waals surface area contributed by atoms with Crippen LogP contribution in [-0.4, -0.2) is 22.0 Å². The first kappa shape index (κ1) is 16.7. The predicted octanol–water partition coefficient (Wildman–Crippen LogP) is 4.48. The van der Waals surface area contributed by atoms with Crippen molar-refractivity contribution in [1.82, 2.24) is 14.9 Å². The summed E-state index contributed by atoms with van der Waals surface area (Å²) in [5.41, 5.74) is 3.48. The van der Waals surface area contributed by atoms with Gasteiger partial charge in [0.05, 0.1) is 11.0 Å². The van der Waals surface area contributed by atoms with E-state index in [-0.39, 0.29) is 5.91 Å². The number of fused-ring (bicyclic) bond motifs is 2. The number of aromatic nitrogens is 2. The van der Waals surface area contributed by atoms with Crippen molar-refractivity contribution in [1.29, 1.82) is 0 Å². The van der Waals surface area contributed by atoms with Crippen molar-refractivity contribution in [3.05, 3.63) is 64.6 Å². The average molecular weight is 368 g/mol. The molecule has 0 bridgehead atoms. The summed E-state index contributed by atoms with van der Waals surface area (Å²) < 4.78 is 7.81. The van der Waals surface area contributed by atoms with Crippen LogP contribution in [0.3, 0.4) is 0 Å².